The lowest BCUT2D eigenvalue weighted by Crippen LogP contribution is -2.19. The first kappa shape index (κ1) is 15.4. The summed E-state index contributed by atoms with van der Waals surface area (Å²) in [7, 11) is 0. The molecule has 0 aliphatic rings. The number of hydrogen-bond donors (Lipinski definition) is 2. The molecule has 7 heteroatoms. The van der Waals surface area contributed by atoms with Crippen molar-refractivity contribution >= 4 is 22.7 Å². The molecule has 0 radical (unpaired) electrons. The van der Waals surface area contributed by atoms with E-state index in [-0.39, 0.29) is 5.56 Å². The number of fused-ring (bicyclic) bond motifs is 1. The fourth-order valence-electron chi connectivity index (χ4n) is 2.21. The number of nitrogens with zero attached hydrogens (tertiary/aromatic N) is 1. The highest BCUT2D eigenvalue weighted by Crippen LogP contribution is 2.23. The van der Waals surface area contributed by atoms with E-state index in [0.29, 0.717) is 10.5 Å². The highest BCUT2D eigenvalue weighted by molar-refractivity contribution is 5.96. The maximum Gasteiger partial charge on any atom is 0.363 e. The summed E-state index contributed by atoms with van der Waals surface area (Å²) in [5.41, 5.74) is 0.232. The Morgan fingerprint density at radius 2 is 1.54 bits per heavy atom. The molecule has 1 aromatic heterocycles. The van der Waals surface area contributed by atoms with Gasteiger partial charge in [-0.3, -0.25) is 4.79 Å². The molecule has 122 valence electrons. The molecule has 3 aromatic rings. The average molecular weight is 327 g/mol. The fraction of sp³-hybridized carbons (Fsp3) is 0.0588. The van der Waals surface area contributed by atoms with Gasteiger partial charge in [0.2, 0.25) is 11.8 Å². The van der Waals surface area contributed by atoms with Gasteiger partial charge in [-0.15, -0.1) is 4.73 Å². The maximum absolute atomic E-state index is 12.1. The lowest BCUT2D eigenvalue weighted by molar-refractivity contribution is -0.131. The zero-order chi connectivity index (χ0) is 17.3. The molecule has 0 aliphatic carbocycles. The summed E-state index contributed by atoms with van der Waals surface area (Å²) in [5.74, 6) is -1.54. The lowest BCUT2D eigenvalue weighted by Gasteiger charge is -2.08. The molecule has 0 fully saturated rings. The van der Waals surface area contributed by atoms with Crippen LogP contribution in [0.15, 0.2) is 48.5 Å². The van der Waals surface area contributed by atoms with Crippen LogP contribution >= 0.6 is 0 Å². The van der Waals surface area contributed by atoms with Gasteiger partial charge in [-0.1, -0.05) is 12.1 Å². The van der Waals surface area contributed by atoms with Crippen molar-refractivity contribution in [1.82, 2.24) is 4.73 Å². The Morgan fingerprint density at radius 3 is 2.21 bits per heavy atom. The Morgan fingerprint density at radius 1 is 0.917 bits per heavy atom. The van der Waals surface area contributed by atoms with Crippen molar-refractivity contribution in [1.29, 1.82) is 0 Å². The van der Waals surface area contributed by atoms with Gasteiger partial charge in [0, 0.05) is 19.1 Å². The number of aromatic hydroxyl groups is 2. The second-order valence-electron chi connectivity index (χ2n) is 5.04. The first-order valence-corrected chi connectivity index (χ1v) is 6.98. The van der Waals surface area contributed by atoms with Crippen LogP contribution in [-0.2, 0) is 4.79 Å². The molecule has 0 atom stereocenters. The van der Waals surface area contributed by atoms with Gasteiger partial charge in [-0.2, -0.15) is 0 Å². The zero-order valence-electron chi connectivity index (χ0n) is 12.6. The average Bonchev–Trinajstić information content (AvgIpc) is 2.85. The molecule has 24 heavy (non-hydrogen) atoms. The molecule has 0 saturated heterocycles. The summed E-state index contributed by atoms with van der Waals surface area (Å²) < 4.78 is 5.63. The summed E-state index contributed by atoms with van der Waals surface area (Å²) in [4.78, 5) is 28.0. The van der Waals surface area contributed by atoms with Gasteiger partial charge in [0.15, 0.2) is 0 Å². The van der Waals surface area contributed by atoms with E-state index in [0.717, 1.165) is 10.8 Å². The number of carbonyl (C=O) groups is 2. The summed E-state index contributed by atoms with van der Waals surface area (Å²) in [6.45, 7) is 1.31. The van der Waals surface area contributed by atoms with E-state index >= 15 is 0 Å². The van der Waals surface area contributed by atoms with Crippen molar-refractivity contribution in [2.75, 3.05) is 0 Å². The second-order valence-corrected chi connectivity index (χ2v) is 5.04. The molecule has 0 aliphatic heterocycles. The number of ether oxygens (including phenoxy) is 1. The Labute approximate surface area is 136 Å². The molecule has 1 heterocycles. The van der Waals surface area contributed by atoms with Gasteiger partial charge in [-0.05, 0) is 35.0 Å². The van der Waals surface area contributed by atoms with E-state index in [2.05, 4.69) is 0 Å². The summed E-state index contributed by atoms with van der Waals surface area (Å²) in [5, 5.41) is 20.5. The van der Waals surface area contributed by atoms with Crippen molar-refractivity contribution in [2.24, 2.45) is 0 Å². The summed E-state index contributed by atoms with van der Waals surface area (Å²) >= 11 is 0. The summed E-state index contributed by atoms with van der Waals surface area (Å²) in [6.07, 6.45) is 0. The molecule has 0 saturated carbocycles. The van der Waals surface area contributed by atoms with Gasteiger partial charge in [0.05, 0.1) is 5.56 Å². The van der Waals surface area contributed by atoms with Crippen LogP contribution in [0.4, 0.5) is 0 Å². The largest absolute Gasteiger partial charge is 0.492 e. The Bertz CT molecular complexity index is 924. The highest BCUT2D eigenvalue weighted by Gasteiger charge is 2.14. The van der Waals surface area contributed by atoms with Crippen molar-refractivity contribution in [3.63, 3.8) is 0 Å². The van der Waals surface area contributed by atoms with E-state index in [1.165, 1.54) is 25.1 Å². The summed E-state index contributed by atoms with van der Waals surface area (Å²) in [6, 6.07) is 12.2. The fourth-order valence-corrected chi connectivity index (χ4v) is 2.21. The van der Waals surface area contributed by atoms with E-state index in [9.17, 15) is 19.8 Å². The van der Waals surface area contributed by atoms with Crippen LogP contribution in [0.1, 0.15) is 17.3 Å². The third kappa shape index (κ3) is 3.00. The predicted molar refractivity (Wildman–Crippen MR) is 83.9 cm³/mol. The third-order valence-electron chi connectivity index (χ3n) is 3.28. The van der Waals surface area contributed by atoms with Crippen molar-refractivity contribution in [2.45, 2.75) is 6.92 Å². The minimum Gasteiger partial charge on any atom is -0.492 e. The Balaban J connectivity index is 1.87. The van der Waals surface area contributed by atoms with E-state index < -0.39 is 23.7 Å². The minimum atomic E-state index is -0.747. The van der Waals surface area contributed by atoms with Gasteiger partial charge in [-0.25, -0.2) is 4.79 Å². The Kier molecular flexibility index (Phi) is 3.83. The number of esters is 1. The van der Waals surface area contributed by atoms with Gasteiger partial charge >= 0.3 is 11.9 Å². The van der Waals surface area contributed by atoms with E-state index in [1.807, 2.05) is 0 Å². The molecular formula is C17H13NO6. The molecule has 2 aromatic carbocycles. The zero-order valence-corrected chi connectivity index (χ0v) is 12.6. The number of rotatable bonds is 3. The molecule has 2 N–H and O–H groups in total. The normalized spacial score (nSPS) is 10.5. The number of aromatic nitrogens is 1. The predicted octanol–water partition coefficient (Wildman–Crippen LogP) is 2.25. The molecule has 3 rings (SSSR count). The van der Waals surface area contributed by atoms with Crippen LogP contribution in [0, 0.1) is 0 Å². The quantitative estimate of drug-likeness (QED) is 0.565. The first-order chi connectivity index (χ1) is 11.4. The molecule has 0 spiro atoms. The lowest BCUT2D eigenvalue weighted by atomic mass is 10.1. The topological polar surface area (TPSA) is 98.0 Å². The van der Waals surface area contributed by atoms with Crippen molar-refractivity contribution < 1.29 is 29.4 Å². The Hall–Kier alpha value is -3.48. The van der Waals surface area contributed by atoms with Crippen LogP contribution in [0.5, 0.6) is 17.5 Å². The number of benzene rings is 2. The minimum absolute atomic E-state index is 0.232. The monoisotopic (exact) mass is 327 g/mol. The molecule has 0 amide bonds. The van der Waals surface area contributed by atoms with Crippen LogP contribution in [0.25, 0.3) is 10.8 Å². The molecule has 0 bridgehead atoms. The van der Waals surface area contributed by atoms with Crippen LogP contribution in [-0.4, -0.2) is 26.9 Å². The molecular weight excluding hydrogens is 314 g/mol. The van der Waals surface area contributed by atoms with Crippen molar-refractivity contribution in [3.8, 4) is 17.5 Å². The maximum atomic E-state index is 12.1. The molecule has 0 unspecified atom stereocenters. The standard InChI is InChI=1S/C17H13NO6/c1-10(19)23-14-5-4-11-8-13(3-2-12(11)9-14)17(22)24-18-15(20)6-7-16(18)21/h2-9,20-21H,1H3. The van der Waals surface area contributed by atoms with Gasteiger partial charge in [0.25, 0.3) is 0 Å². The van der Waals surface area contributed by atoms with Gasteiger partial charge < -0.3 is 19.8 Å². The van der Waals surface area contributed by atoms with Crippen LogP contribution in [0.2, 0.25) is 0 Å². The smallest absolute Gasteiger partial charge is 0.363 e. The number of carbonyl (C=O) groups excluding carboxylic acids is 2. The molecule has 7 nitrogen and oxygen atoms in total. The second kappa shape index (κ2) is 5.96. The van der Waals surface area contributed by atoms with Gasteiger partial charge in [0.1, 0.15) is 5.75 Å². The number of hydrogen-bond acceptors (Lipinski definition) is 6. The first-order valence-electron chi connectivity index (χ1n) is 6.98. The third-order valence-corrected chi connectivity index (χ3v) is 3.28. The van der Waals surface area contributed by atoms with E-state index in [4.69, 9.17) is 9.57 Å². The SMILES string of the molecule is CC(=O)Oc1ccc2cc(C(=O)On3c(O)ccc3O)ccc2c1. The highest BCUT2D eigenvalue weighted by atomic mass is 16.7. The van der Waals surface area contributed by atoms with Crippen LogP contribution in [0.3, 0.4) is 0 Å². The van der Waals surface area contributed by atoms with Crippen molar-refractivity contribution in [3.05, 3.63) is 54.1 Å². The van der Waals surface area contributed by atoms with E-state index in [1.54, 1.807) is 30.3 Å². The van der Waals surface area contributed by atoms with Crippen LogP contribution < -0.4 is 9.57 Å².